The first-order valence-electron chi connectivity index (χ1n) is 8.91. The van der Waals surface area contributed by atoms with Gasteiger partial charge in [-0.3, -0.25) is 9.78 Å². The van der Waals surface area contributed by atoms with E-state index >= 15 is 0 Å². The molecule has 1 N–H and O–H groups in total. The Balaban J connectivity index is 1.75. The Kier molecular flexibility index (Phi) is 5.53. The molecule has 0 spiro atoms. The SMILES string of the molecule is CC(C)Oc1ccccc1NC(=O)c1cc(N2CCCCC2)ccn1. The van der Waals surface area contributed by atoms with Crippen LogP contribution in [0.2, 0.25) is 0 Å². The number of carbonyl (C=O) groups excluding carboxylic acids is 1. The van der Waals surface area contributed by atoms with E-state index in [2.05, 4.69) is 15.2 Å². The van der Waals surface area contributed by atoms with Crippen LogP contribution in [0.25, 0.3) is 0 Å². The minimum atomic E-state index is -0.223. The molecule has 0 bridgehead atoms. The number of hydrogen-bond donors (Lipinski definition) is 1. The number of nitrogens with one attached hydrogen (secondary N) is 1. The Hall–Kier alpha value is -2.56. The summed E-state index contributed by atoms with van der Waals surface area (Å²) in [6, 6.07) is 11.3. The molecule has 1 aromatic heterocycles. The average Bonchev–Trinajstić information content (AvgIpc) is 2.64. The van der Waals surface area contributed by atoms with E-state index < -0.39 is 0 Å². The first-order chi connectivity index (χ1) is 12.1. The summed E-state index contributed by atoms with van der Waals surface area (Å²) in [7, 11) is 0. The number of aromatic nitrogens is 1. The quantitative estimate of drug-likeness (QED) is 0.890. The number of pyridine rings is 1. The summed E-state index contributed by atoms with van der Waals surface area (Å²) in [5.74, 6) is 0.441. The maximum atomic E-state index is 12.6. The maximum Gasteiger partial charge on any atom is 0.274 e. The molecule has 25 heavy (non-hydrogen) atoms. The van der Waals surface area contributed by atoms with Crippen molar-refractivity contribution in [3.05, 3.63) is 48.3 Å². The lowest BCUT2D eigenvalue weighted by atomic mass is 10.1. The normalized spacial score (nSPS) is 14.4. The fourth-order valence-electron chi connectivity index (χ4n) is 3.01. The number of ether oxygens (including phenoxy) is 1. The third kappa shape index (κ3) is 4.50. The number of piperidine rings is 1. The van der Waals surface area contributed by atoms with Gasteiger partial charge in [-0.2, -0.15) is 0 Å². The highest BCUT2D eigenvalue weighted by atomic mass is 16.5. The lowest BCUT2D eigenvalue weighted by Crippen LogP contribution is -2.29. The van der Waals surface area contributed by atoms with E-state index in [1.807, 2.05) is 50.2 Å². The molecule has 1 amide bonds. The van der Waals surface area contributed by atoms with Gasteiger partial charge in [-0.1, -0.05) is 12.1 Å². The topological polar surface area (TPSA) is 54.5 Å². The van der Waals surface area contributed by atoms with Gasteiger partial charge < -0.3 is 15.0 Å². The summed E-state index contributed by atoms with van der Waals surface area (Å²) in [5, 5.41) is 2.92. The van der Waals surface area contributed by atoms with E-state index in [0.717, 1.165) is 18.8 Å². The van der Waals surface area contributed by atoms with E-state index in [4.69, 9.17) is 4.74 Å². The van der Waals surface area contributed by atoms with Crippen LogP contribution in [-0.4, -0.2) is 30.1 Å². The van der Waals surface area contributed by atoms with Crippen LogP contribution in [-0.2, 0) is 0 Å². The molecule has 132 valence electrons. The Bertz CT molecular complexity index is 724. The van der Waals surface area contributed by atoms with E-state index in [0.29, 0.717) is 17.1 Å². The summed E-state index contributed by atoms with van der Waals surface area (Å²) < 4.78 is 5.76. The van der Waals surface area contributed by atoms with Crippen LogP contribution in [0.5, 0.6) is 5.75 Å². The van der Waals surface area contributed by atoms with Gasteiger partial charge in [-0.25, -0.2) is 0 Å². The van der Waals surface area contributed by atoms with Crippen LogP contribution >= 0.6 is 0 Å². The van der Waals surface area contributed by atoms with E-state index in [9.17, 15) is 4.79 Å². The highest BCUT2D eigenvalue weighted by Crippen LogP contribution is 2.26. The van der Waals surface area contributed by atoms with Crippen molar-refractivity contribution in [2.45, 2.75) is 39.2 Å². The molecule has 1 fully saturated rings. The molecule has 5 nitrogen and oxygen atoms in total. The lowest BCUT2D eigenvalue weighted by Gasteiger charge is -2.28. The van der Waals surface area contributed by atoms with Crippen LogP contribution in [0.1, 0.15) is 43.6 Å². The predicted octanol–water partition coefficient (Wildman–Crippen LogP) is 4.11. The van der Waals surface area contributed by atoms with Crippen LogP contribution in [0.3, 0.4) is 0 Å². The number of carbonyl (C=O) groups is 1. The fraction of sp³-hybridized carbons (Fsp3) is 0.400. The first kappa shape index (κ1) is 17.3. The van der Waals surface area contributed by atoms with Gasteiger partial charge in [0.1, 0.15) is 11.4 Å². The fourth-order valence-corrected chi connectivity index (χ4v) is 3.01. The number of benzene rings is 1. The van der Waals surface area contributed by atoms with E-state index in [1.54, 1.807) is 6.20 Å². The van der Waals surface area contributed by atoms with Crippen molar-refractivity contribution in [3.63, 3.8) is 0 Å². The largest absolute Gasteiger partial charge is 0.489 e. The summed E-state index contributed by atoms with van der Waals surface area (Å²) in [6.07, 6.45) is 5.42. The monoisotopic (exact) mass is 339 g/mol. The number of hydrogen-bond acceptors (Lipinski definition) is 4. The number of amides is 1. The van der Waals surface area contributed by atoms with Crippen LogP contribution < -0.4 is 15.0 Å². The van der Waals surface area contributed by atoms with Gasteiger partial charge in [0, 0.05) is 25.0 Å². The molecular weight excluding hydrogens is 314 g/mol. The van der Waals surface area contributed by atoms with Crippen molar-refractivity contribution in [2.24, 2.45) is 0 Å². The third-order valence-corrected chi connectivity index (χ3v) is 4.20. The van der Waals surface area contributed by atoms with Gasteiger partial charge in [0.25, 0.3) is 5.91 Å². The van der Waals surface area contributed by atoms with E-state index in [-0.39, 0.29) is 12.0 Å². The van der Waals surface area contributed by atoms with Crippen molar-refractivity contribution >= 4 is 17.3 Å². The lowest BCUT2D eigenvalue weighted by molar-refractivity contribution is 0.102. The minimum Gasteiger partial charge on any atom is -0.489 e. The molecule has 0 radical (unpaired) electrons. The van der Waals surface area contributed by atoms with E-state index in [1.165, 1.54) is 19.3 Å². The van der Waals surface area contributed by atoms with Crippen molar-refractivity contribution in [2.75, 3.05) is 23.3 Å². The Labute approximate surface area is 149 Å². The van der Waals surface area contributed by atoms with Gasteiger partial charge in [0.15, 0.2) is 0 Å². The second-order valence-corrected chi connectivity index (χ2v) is 6.56. The highest BCUT2D eigenvalue weighted by molar-refractivity contribution is 6.04. The van der Waals surface area contributed by atoms with Gasteiger partial charge >= 0.3 is 0 Å². The molecule has 2 aromatic rings. The molecule has 3 rings (SSSR count). The van der Waals surface area contributed by atoms with Crippen molar-refractivity contribution in [3.8, 4) is 5.75 Å². The van der Waals surface area contributed by atoms with Gasteiger partial charge in [-0.05, 0) is 57.4 Å². The van der Waals surface area contributed by atoms with Gasteiger partial charge in [0.05, 0.1) is 11.8 Å². The molecule has 5 heteroatoms. The Morgan fingerprint density at radius 1 is 1.16 bits per heavy atom. The molecule has 1 aliphatic heterocycles. The molecule has 0 unspecified atom stereocenters. The van der Waals surface area contributed by atoms with Crippen LogP contribution in [0, 0.1) is 0 Å². The van der Waals surface area contributed by atoms with Gasteiger partial charge in [0.2, 0.25) is 0 Å². The smallest absolute Gasteiger partial charge is 0.274 e. The summed E-state index contributed by atoms with van der Waals surface area (Å²) in [6.45, 7) is 6.00. The molecule has 1 aromatic carbocycles. The molecule has 1 aliphatic rings. The number of nitrogens with zero attached hydrogens (tertiary/aromatic N) is 2. The second-order valence-electron chi connectivity index (χ2n) is 6.56. The molecule has 2 heterocycles. The second kappa shape index (κ2) is 8.01. The van der Waals surface area contributed by atoms with Crippen molar-refractivity contribution < 1.29 is 9.53 Å². The third-order valence-electron chi connectivity index (χ3n) is 4.20. The molecular formula is C20H25N3O2. The number of anilines is 2. The molecule has 0 aliphatic carbocycles. The summed E-state index contributed by atoms with van der Waals surface area (Å²) >= 11 is 0. The molecule has 0 saturated carbocycles. The Morgan fingerprint density at radius 3 is 2.68 bits per heavy atom. The maximum absolute atomic E-state index is 12.6. The summed E-state index contributed by atoms with van der Waals surface area (Å²) in [5.41, 5.74) is 2.14. The van der Waals surface area contributed by atoms with Gasteiger partial charge in [-0.15, -0.1) is 0 Å². The average molecular weight is 339 g/mol. The van der Waals surface area contributed by atoms with Crippen molar-refractivity contribution in [1.82, 2.24) is 4.98 Å². The zero-order valence-corrected chi connectivity index (χ0v) is 14.9. The van der Waals surface area contributed by atoms with Crippen molar-refractivity contribution in [1.29, 1.82) is 0 Å². The zero-order chi connectivity index (χ0) is 17.6. The predicted molar refractivity (Wildman–Crippen MR) is 100 cm³/mol. The highest BCUT2D eigenvalue weighted by Gasteiger charge is 2.15. The summed E-state index contributed by atoms with van der Waals surface area (Å²) in [4.78, 5) is 19.2. The van der Waals surface area contributed by atoms with Crippen LogP contribution in [0.15, 0.2) is 42.6 Å². The number of rotatable bonds is 5. The number of para-hydroxylation sites is 2. The minimum absolute atomic E-state index is 0.0404. The Morgan fingerprint density at radius 2 is 1.92 bits per heavy atom. The standard InChI is InChI=1S/C20H25N3O2/c1-15(2)25-19-9-5-4-8-17(19)22-20(24)18-14-16(10-11-21-18)23-12-6-3-7-13-23/h4-5,8-11,14-15H,3,6-7,12-13H2,1-2H3,(H,22,24). The molecule has 1 saturated heterocycles. The first-order valence-corrected chi connectivity index (χ1v) is 8.91. The molecule has 0 atom stereocenters. The van der Waals surface area contributed by atoms with Crippen LogP contribution in [0.4, 0.5) is 11.4 Å². The zero-order valence-electron chi connectivity index (χ0n) is 14.9.